The zero-order valence-electron chi connectivity index (χ0n) is 18.4. The lowest BCUT2D eigenvalue weighted by molar-refractivity contribution is 0.274. The summed E-state index contributed by atoms with van der Waals surface area (Å²) in [6.07, 6.45) is 25.7. The maximum Gasteiger partial charge on any atom is -0.0122 e. The highest BCUT2D eigenvalue weighted by Gasteiger charge is 2.32. The van der Waals surface area contributed by atoms with Crippen molar-refractivity contribution in [3.05, 3.63) is 0 Å². The standard InChI is InChI=1S/C24H51P/c1-5-9-13-14-15-16-17-18-20-23(19-10-6-2)24(25,21-11-7-3)22-12-8-4/h23H,5-22,25H2,1-4H3. The van der Waals surface area contributed by atoms with Crippen LogP contribution < -0.4 is 0 Å². The van der Waals surface area contributed by atoms with Gasteiger partial charge in [0.15, 0.2) is 0 Å². The Bertz CT molecular complexity index is 253. The maximum absolute atomic E-state index is 3.38. The molecule has 0 amide bonds. The Balaban J connectivity index is 4.35. The van der Waals surface area contributed by atoms with Crippen molar-refractivity contribution >= 4 is 9.24 Å². The summed E-state index contributed by atoms with van der Waals surface area (Å²) in [5.74, 6) is 0.940. The molecule has 2 unspecified atom stereocenters. The summed E-state index contributed by atoms with van der Waals surface area (Å²) in [7, 11) is 3.38. The molecule has 0 aromatic rings. The zero-order valence-corrected chi connectivity index (χ0v) is 19.5. The molecule has 0 aliphatic heterocycles. The van der Waals surface area contributed by atoms with Gasteiger partial charge in [0.05, 0.1) is 0 Å². The van der Waals surface area contributed by atoms with Crippen molar-refractivity contribution in [3.63, 3.8) is 0 Å². The first-order valence-corrected chi connectivity index (χ1v) is 12.5. The van der Waals surface area contributed by atoms with Crippen molar-refractivity contribution in [2.24, 2.45) is 5.92 Å². The summed E-state index contributed by atoms with van der Waals surface area (Å²) >= 11 is 0. The molecule has 1 heteroatoms. The summed E-state index contributed by atoms with van der Waals surface area (Å²) in [6.45, 7) is 9.37. The van der Waals surface area contributed by atoms with Gasteiger partial charge in [0.1, 0.15) is 0 Å². The number of hydrogen-bond acceptors (Lipinski definition) is 0. The van der Waals surface area contributed by atoms with Gasteiger partial charge >= 0.3 is 0 Å². The van der Waals surface area contributed by atoms with Gasteiger partial charge in [-0.15, -0.1) is 9.24 Å². The Labute approximate surface area is 163 Å². The van der Waals surface area contributed by atoms with Crippen LogP contribution in [0.4, 0.5) is 0 Å². The SMILES string of the molecule is CCCCCCCCCCC(CCCC)C(P)(CCCC)CCCC. The third-order valence-electron chi connectivity index (χ3n) is 6.12. The second kappa shape index (κ2) is 17.8. The van der Waals surface area contributed by atoms with E-state index in [0.717, 1.165) is 5.92 Å². The van der Waals surface area contributed by atoms with Crippen molar-refractivity contribution in [3.8, 4) is 0 Å². The molecule has 152 valence electrons. The quantitative estimate of drug-likeness (QED) is 0.157. The van der Waals surface area contributed by atoms with Gasteiger partial charge in [0.25, 0.3) is 0 Å². The second-order valence-electron chi connectivity index (χ2n) is 8.54. The van der Waals surface area contributed by atoms with Crippen LogP contribution in [0.1, 0.15) is 143 Å². The average Bonchev–Trinajstić information content (AvgIpc) is 2.62. The Morgan fingerprint density at radius 2 is 0.920 bits per heavy atom. The Hall–Kier alpha value is 0.430. The molecular weight excluding hydrogens is 319 g/mol. The average molecular weight is 371 g/mol. The van der Waals surface area contributed by atoms with Crippen LogP contribution in [0.2, 0.25) is 0 Å². The van der Waals surface area contributed by atoms with E-state index in [1.165, 1.54) is 116 Å². The zero-order chi connectivity index (χ0) is 18.8. The van der Waals surface area contributed by atoms with E-state index in [2.05, 4.69) is 36.9 Å². The Morgan fingerprint density at radius 1 is 0.520 bits per heavy atom. The van der Waals surface area contributed by atoms with Crippen molar-refractivity contribution < 1.29 is 0 Å². The minimum Gasteiger partial charge on any atom is -0.131 e. The van der Waals surface area contributed by atoms with Gasteiger partial charge < -0.3 is 0 Å². The molecule has 0 rings (SSSR count). The number of unbranched alkanes of at least 4 members (excludes halogenated alkanes) is 10. The molecule has 2 atom stereocenters. The highest BCUT2D eigenvalue weighted by atomic mass is 31.0. The van der Waals surface area contributed by atoms with Gasteiger partial charge in [-0.05, 0) is 36.8 Å². The second-order valence-corrected chi connectivity index (χ2v) is 9.69. The van der Waals surface area contributed by atoms with E-state index in [1.807, 2.05) is 0 Å². The fraction of sp³-hybridized carbons (Fsp3) is 1.00. The Morgan fingerprint density at radius 3 is 1.40 bits per heavy atom. The van der Waals surface area contributed by atoms with E-state index < -0.39 is 0 Å². The molecule has 0 fully saturated rings. The van der Waals surface area contributed by atoms with Gasteiger partial charge in [-0.25, -0.2) is 0 Å². The molecule has 0 nitrogen and oxygen atoms in total. The van der Waals surface area contributed by atoms with Gasteiger partial charge in [0, 0.05) is 0 Å². The van der Waals surface area contributed by atoms with Gasteiger partial charge in [-0.2, -0.15) is 0 Å². The highest BCUT2D eigenvalue weighted by Crippen LogP contribution is 2.43. The van der Waals surface area contributed by atoms with E-state index in [0.29, 0.717) is 5.16 Å². The lowest BCUT2D eigenvalue weighted by atomic mass is 9.77. The smallest absolute Gasteiger partial charge is 0.0122 e. The van der Waals surface area contributed by atoms with Gasteiger partial charge in [-0.1, -0.05) is 118 Å². The fourth-order valence-electron chi connectivity index (χ4n) is 4.24. The van der Waals surface area contributed by atoms with E-state index in [1.54, 1.807) is 0 Å². The molecule has 0 aliphatic rings. The third kappa shape index (κ3) is 13.3. The summed E-state index contributed by atoms with van der Waals surface area (Å²) in [4.78, 5) is 0. The maximum atomic E-state index is 3.38. The first kappa shape index (κ1) is 25.4. The number of hydrogen-bond donors (Lipinski definition) is 0. The topological polar surface area (TPSA) is 0 Å². The fourth-order valence-corrected chi connectivity index (χ4v) is 4.98. The van der Waals surface area contributed by atoms with Crippen LogP contribution >= 0.6 is 9.24 Å². The first-order chi connectivity index (χ1) is 12.1. The van der Waals surface area contributed by atoms with Gasteiger partial charge in [0.2, 0.25) is 0 Å². The molecule has 0 bridgehead atoms. The molecular formula is C24H51P. The minimum atomic E-state index is 0.530. The van der Waals surface area contributed by atoms with Gasteiger partial charge in [-0.3, -0.25) is 0 Å². The summed E-state index contributed by atoms with van der Waals surface area (Å²) in [5.41, 5.74) is 0. The van der Waals surface area contributed by atoms with Crippen LogP contribution in [0.5, 0.6) is 0 Å². The summed E-state index contributed by atoms with van der Waals surface area (Å²) in [5, 5.41) is 0.530. The van der Waals surface area contributed by atoms with Crippen molar-refractivity contribution in [2.45, 2.75) is 148 Å². The van der Waals surface area contributed by atoms with Crippen LogP contribution in [0.25, 0.3) is 0 Å². The molecule has 0 radical (unpaired) electrons. The predicted molar refractivity (Wildman–Crippen MR) is 122 cm³/mol. The molecule has 0 N–H and O–H groups in total. The molecule has 0 aliphatic carbocycles. The molecule has 25 heavy (non-hydrogen) atoms. The van der Waals surface area contributed by atoms with E-state index >= 15 is 0 Å². The summed E-state index contributed by atoms with van der Waals surface area (Å²) < 4.78 is 0. The molecule has 0 aromatic carbocycles. The van der Waals surface area contributed by atoms with Crippen LogP contribution in [0.15, 0.2) is 0 Å². The van der Waals surface area contributed by atoms with Crippen molar-refractivity contribution in [1.82, 2.24) is 0 Å². The molecule has 0 spiro atoms. The molecule has 0 saturated carbocycles. The van der Waals surface area contributed by atoms with Crippen LogP contribution in [0.3, 0.4) is 0 Å². The van der Waals surface area contributed by atoms with Crippen molar-refractivity contribution in [1.29, 1.82) is 0 Å². The van der Waals surface area contributed by atoms with Crippen LogP contribution in [-0.4, -0.2) is 5.16 Å². The molecule has 0 saturated heterocycles. The lowest BCUT2D eigenvalue weighted by Gasteiger charge is -2.39. The summed E-state index contributed by atoms with van der Waals surface area (Å²) in [6, 6.07) is 0. The molecule has 0 aromatic heterocycles. The van der Waals surface area contributed by atoms with E-state index in [4.69, 9.17) is 0 Å². The first-order valence-electron chi connectivity index (χ1n) is 11.9. The molecule has 0 heterocycles. The largest absolute Gasteiger partial charge is 0.131 e. The van der Waals surface area contributed by atoms with E-state index in [9.17, 15) is 0 Å². The third-order valence-corrected chi connectivity index (χ3v) is 7.17. The lowest BCUT2D eigenvalue weighted by Crippen LogP contribution is -2.32. The monoisotopic (exact) mass is 370 g/mol. The predicted octanol–water partition coefficient (Wildman–Crippen LogP) is 9.32. The number of rotatable bonds is 19. The van der Waals surface area contributed by atoms with Crippen molar-refractivity contribution in [2.75, 3.05) is 0 Å². The minimum absolute atomic E-state index is 0.530. The Kier molecular flexibility index (Phi) is 18.1. The highest BCUT2D eigenvalue weighted by molar-refractivity contribution is 7.19. The normalized spacial score (nSPS) is 13.3. The van der Waals surface area contributed by atoms with Crippen LogP contribution in [-0.2, 0) is 0 Å². The van der Waals surface area contributed by atoms with E-state index in [-0.39, 0.29) is 0 Å². The van der Waals surface area contributed by atoms with Crippen LogP contribution in [0, 0.1) is 5.92 Å².